The normalized spacial score (nSPS) is 20.5. The lowest BCUT2D eigenvalue weighted by molar-refractivity contribution is 0.0219. The molecule has 0 spiro atoms. The smallest absolute Gasteiger partial charge is 0.410 e. The van der Waals surface area contributed by atoms with Crippen LogP contribution in [-0.2, 0) is 21.3 Å². The first-order chi connectivity index (χ1) is 10.3. The van der Waals surface area contributed by atoms with Gasteiger partial charge in [-0.1, -0.05) is 6.07 Å². The van der Waals surface area contributed by atoms with E-state index in [0.29, 0.717) is 18.8 Å². The number of pyridine rings is 1. The molecule has 1 fully saturated rings. The van der Waals surface area contributed by atoms with Gasteiger partial charge in [-0.3, -0.25) is 9.19 Å². The van der Waals surface area contributed by atoms with E-state index >= 15 is 0 Å². The van der Waals surface area contributed by atoms with Gasteiger partial charge in [0.2, 0.25) is 0 Å². The van der Waals surface area contributed by atoms with Gasteiger partial charge in [-0.05, 0) is 45.2 Å². The van der Waals surface area contributed by atoms with Gasteiger partial charge in [0.25, 0.3) is 0 Å². The Hall–Kier alpha value is -1.43. The highest BCUT2D eigenvalue weighted by Gasteiger charge is 2.30. The molecule has 0 bridgehead atoms. The van der Waals surface area contributed by atoms with Crippen molar-refractivity contribution in [1.82, 2.24) is 9.88 Å². The minimum absolute atomic E-state index is 0.00137. The van der Waals surface area contributed by atoms with Crippen molar-refractivity contribution in [3.63, 3.8) is 0 Å². The molecule has 2 atom stereocenters. The highest BCUT2D eigenvalue weighted by atomic mass is 32.2. The lowest BCUT2D eigenvalue weighted by atomic mass is 10.1. The summed E-state index contributed by atoms with van der Waals surface area (Å²) >= 11 is 0. The van der Waals surface area contributed by atoms with Crippen LogP contribution >= 0.6 is 0 Å². The quantitative estimate of drug-likeness (QED) is 0.858. The minimum atomic E-state index is -1.01. The molecule has 1 aromatic heterocycles. The van der Waals surface area contributed by atoms with Crippen LogP contribution in [0.3, 0.4) is 0 Å². The molecule has 22 heavy (non-hydrogen) atoms. The summed E-state index contributed by atoms with van der Waals surface area (Å²) in [6.07, 6.45) is 4.88. The Labute approximate surface area is 134 Å². The monoisotopic (exact) mass is 324 g/mol. The SMILES string of the molecule is CC(C)(C)OC(=O)N1CCC[C@@H]([S@](=O)Cc2cccnc2)C1. The van der Waals surface area contributed by atoms with Gasteiger partial charge in [0, 0.05) is 36.3 Å². The van der Waals surface area contributed by atoms with Gasteiger partial charge in [0.05, 0.1) is 11.0 Å². The Bertz CT molecular complexity index is 528. The van der Waals surface area contributed by atoms with E-state index in [2.05, 4.69) is 4.98 Å². The number of carbonyl (C=O) groups is 1. The summed E-state index contributed by atoms with van der Waals surface area (Å²) in [5.74, 6) is 0.487. The Morgan fingerprint density at radius 3 is 2.91 bits per heavy atom. The standard InChI is InChI=1S/C16H24N2O3S/c1-16(2,3)21-15(19)18-9-5-7-14(11-18)22(20)12-13-6-4-8-17-10-13/h4,6,8,10,14H,5,7,9,11-12H2,1-3H3/t14-,22-/m1/s1. The highest BCUT2D eigenvalue weighted by molar-refractivity contribution is 7.84. The zero-order valence-corrected chi connectivity index (χ0v) is 14.3. The summed E-state index contributed by atoms with van der Waals surface area (Å²) in [7, 11) is -1.01. The molecular weight excluding hydrogens is 300 g/mol. The zero-order valence-electron chi connectivity index (χ0n) is 13.4. The van der Waals surface area contributed by atoms with E-state index in [9.17, 15) is 9.00 Å². The first-order valence-corrected chi connectivity index (χ1v) is 8.97. The third-order valence-electron chi connectivity index (χ3n) is 3.43. The molecular formula is C16H24N2O3S. The highest BCUT2D eigenvalue weighted by Crippen LogP contribution is 2.20. The maximum Gasteiger partial charge on any atom is 0.410 e. The Morgan fingerprint density at radius 1 is 1.50 bits per heavy atom. The molecule has 0 radical (unpaired) electrons. The van der Waals surface area contributed by atoms with Crippen LogP contribution in [0.1, 0.15) is 39.2 Å². The molecule has 0 aromatic carbocycles. The summed E-state index contributed by atoms with van der Waals surface area (Å²) in [5, 5.41) is 0.00137. The molecule has 1 saturated heterocycles. The Kier molecular flexibility index (Phi) is 5.56. The predicted molar refractivity (Wildman–Crippen MR) is 86.9 cm³/mol. The fourth-order valence-corrected chi connectivity index (χ4v) is 3.92. The third kappa shape index (κ3) is 5.09. The molecule has 1 aromatic rings. The van der Waals surface area contributed by atoms with Crippen molar-refractivity contribution in [3.05, 3.63) is 30.1 Å². The van der Waals surface area contributed by atoms with E-state index < -0.39 is 16.4 Å². The van der Waals surface area contributed by atoms with Crippen LogP contribution in [-0.4, -0.2) is 44.1 Å². The number of ether oxygens (including phenoxy) is 1. The zero-order chi connectivity index (χ0) is 16.2. The molecule has 1 amide bonds. The number of carbonyl (C=O) groups excluding carboxylic acids is 1. The number of nitrogens with zero attached hydrogens (tertiary/aromatic N) is 2. The first kappa shape index (κ1) is 16.9. The maximum atomic E-state index is 12.5. The van der Waals surface area contributed by atoms with Crippen molar-refractivity contribution in [1.29, 1.82) is 0 Å². The number of rotatable bonds is 3. The summed E-state index contributed by atoms with van der Waals surface area (Å²) in [6, 6.07) is 3.78. The van der Waals surface area contributed by atoms with E-state index in [1.807, 2.05) is 32.9 Å². The van der Waals surface area contributed by atoms with Crippen LogP contribution in [0.15, 0.2) is 24.5 Å². The van der Waals surface area contributed by atoms with Gasteiger partial charge in [-0.15, -0.1) is 0 Å². The second kappa shape index (κ2) is 7.22. The molecule has 2 heterocycles. The van der Waals surface area contributed by atoms with Gasteiger partial charge in [0.1, 0.15) is 5.60 Å². The average Bonchev–Trinajstić information content (AvgIpc) is 2.46. The molecule has 6 heteroatoms. The molecule has 122 valence electrons. The first-order valence-electron chi connectivity index (χ1n) is 7.59. The summed E-state index contributed by atoms with van der Waals surface area (Å²) in [5.41, 5.74) is 0.467. The Balaban J connectivity index is 1.92. The van der Waals surface area contributed by atoms with Gasteiger partial charge in [0.15, 0.2) is 0 Å². The van der Waals surface area contributed by atoms with E-state index in [4.69, 9.17) is 4.74 Å². The van der Waals surface area contributed by atoms with Crippen LogP contribution in [0.2, 0.25) is 0 Å². The molecule has 1 aliphatic heterocycles. The van der Waals surface area contributed by atoms with Gasteiger partial charge < -0.3 is 9.64 Å². The molecule has 0 saturated carbocycles. The van der Waals surface area contributed by atoms with Crippen LogP contribution in [0, 0.1) is 0 Å². The van der Waals surface area contributed by atoms with Crippen molar-refractivity contribution in [2.45, 2.75) is 50.2 Å². The molecule has 0 aliphatic carbocycles. The topological polar surface area (TPSA) is 59.5 Å². The van der Waals surface area contributed by atoms with E-state index in [-0.39, 0.29) is 11.3 Å². The second-order valence-corrected chi connectivity index (χ2v) is 8.29. The fourth-order valence-electron chi connectivity index (χ4n) is 2.41. The molecule has 0 N–H and O–H groups in total. The van der Waals surface area contributed by atoms with E-state index in [0.717, 1.165) is 18.4 Å². The minimum Gasteiger partial charge on any atom is -0.444 e. The second-order valence-electron chi connectivity index (χ2n) is 6.58. The Morgan fingerprint density at radius 2 is 2.27 bits per heavy atom. The van der Waals surface area contributed by atoms with Crippen molar-refractivity contribution in [2.75, 3.05) is 13.1 Å². The van der Waals surface area contributed by atoms with E-state index in [1.165, 1.54) is 0 Å². The third-order valence-corrected chi connectivity index (χ3v) is 5.18. The number of amides is 1. The number of hydrogen-bond acceptors (Lipinski definition) is 4. The average molecular weight is 324 g/mol. The van der Waals surface area contributed by atoms with Crippen LogP contribution < -0.4 is 0 Å². The van der Waals surface area contributed by atoms with Crippen LogP contribution in [0.25, 0.3) is 0 Å². The molecule has 2 rings (SSSR count). The van der Waals surface area contributed by atoms with Crippen LogP contribution in [0.4, 0.5) is 4.79 Å². The van der Waals surface area contributed by atoms with E-state index in [1.54, 1.807) is 17.3 Å². The van der Waals surface area contributed by atoms with Crippen molar-refractivity contribution in [2.24, 2.45) is 0 Å². The molecule has 0 unspecified atom stereocenters. The van der Waals surface area contributed by atoms with Crippen molar-refractivity contribution in [3.8, 4) is 0 Å². The fraction of sp³-hybridized carbons (Fsp3) is 0.625. The lowest BCUT2D eigenvalue weighted by Crippen LogP contribution is -2.46. The number of likely N-dealkylation sites (tertiary alicyclic amines) is 1. The summed E-state index contributed by atoms with van der Waals surface area (Å²) in [6.45, 7) is 6.74. The van der Waals surface area contributed by atoms with Gasteiger partial charge in [-0.25, -0.2) is 4.79 Å². The largest absolute Gasteiger partial charge is 0.444 e. The van der Waals surface area contributed by atoms with Crippen molar-refractivity contribution >= 4 is 16.9 Å². The van der Waals surface area contributed by atoms with Gasteiger partial charge >= 0.3 is 6.09 Å². The van der Waals surface area contributed by atoms with Crippen LogP contribution in [0.5, 0.6) is 0 Å². The molecule has 5 nitrogen and oxygen atoms in total. The molecule has 1 aliphatic rings. The lowest BCUT2D eigenvalue weighted by Gasteiger charge is -2.33. The number of hydrogen-bond donors (Lipinski definition) is 0. The summed E-state index contributed by atoms with van der Waals surface area (Å²) < 4.78 is 17.9. The number of piperidine rings is 1. The van der Waals surface area contributed by atoms with Gasteiger partial charge in [-0.2, -0.15) is 0 Å². The van der Waals surface area contributed by atoms with Crippen molar-refractivity contribution < 1.29 is 13.7 Å². The predicted octanol–water partition coefficient (Wildman–Crippen LogP) is 2.73. The number of aromatic nitrogens is 1. The maximum absolute atomic E-state index is 12.5. The summed E-state index contributed by atoms with van der Waals surface area (Å²) in [4.78, 5) is 17.9.